The van der Waals surface area contributed by atoms with Crippen LogP contribution in [0.15, 0.2) is 0 Å². The van der Waals surface area contributed by atoms with E-state index in [-0.39, 0.29) is 17.4 Å². The van der Waals surface area contributed by atoms with Crippen LogP contribution < -0.4 is 10.6 Å². The second-order valence-electron chi connectivity index (χ2n) is 6.25. The van der Waals surface area contributed by atoms with Gasteiger partial charge in [0.05, 0.1) is 5.41 Å². The number of piperidine rings is 1. The molecule has 0 aromatic rings. The Labute approximate surface area is 118 Å². The van der Waals surface area contributed by atoms with Gasteiger partial charge < -0.3 is 15.5 Å². The fraction of sp³-hybridized carbons (Fsp3) is 0.933. The predicted molar refractivity (Wildman–Crippen MR) is 80.2 cm³/mol. The van der Waals surface area contributed by atoms with Crippen LogP contribution in [0.5, 0.6) is 0 Å². The van der Waals surface area contributed by atoms with E-state index in [2.05, 4.69) is 43.5 Å². The van der Waals surface area contributed by atoms with E-state index in [4.69, 9.17) is 0 Å². The molecule has 1 amide bonds. The van der Waals surface area contributed by atoms with E-state index in [0.717, 1.165) is 51.7 Å². The molecule has 19 heavy (non-hydrogen) atoms. The number of carbonyl (C=O) groups is 1. The molecule has 0 aromatic heterocycles. The highest BCUT2D eigenvalue weighted by molar-refractivity contribution is 5.83. The lowest BCUT2D eigenvalue weighted by atomic mass is 9.74. The van der Waals surface area contributed by atoms with Crippen molar-refractivity contribution < 1.29 is 4.79 Å². The summed E-state index contributed by atoms with van der Waals surface area (Å²) in [7, 11) is 4.14. The molecular formula is C15H31N3O. The van der Waals surface area contributed by atoms with Gasteiger partial charge in [-0.15, -0.1) is 0 Å². The molecular weight excluding hydrogens is 238 g/mol. The van der Waals surface area contributed by atoms with Gasteiger partial charge >= 0.3 is 0 Å². The summed E-state index contributed by atoms with van der Waals surface area (Å²) in [6, 6.07) is 0.263. The van der Waals surface area contributed by atoms with Gasteiger partial charge in [-0.3, -0.25) is 4.79 Å². The van der Waals surface area contributed by atoms with Crippen LogP contribution in [0.3, 0.4) is 0 Å². The van der Waals surface area contributed by atoms with Gasteiger partial charge in [-0.1, -0.05) is 13.3 Å². The number of hydrogen-bond acceptors (Lipinski definition) is 3. The van der Waals surface area contributed by atoms with Gasteiger partial charge in [0.1, 0.15) is 0 Å². The Morgan fingerprint density at radius 1 is 1.37 bits per heavy atom. The molecule has 2 N–H and O–H groups in total. The first-order chi connectivity index (χ1) is 9.00. The monoisotopic (exact) mass is 269 g/mol. The van der Waals surface area contributed by atoms with Crippen molar-refractivity contribution in [3.8, 4) is 0 Å². The van der Waals surface area contributed by atoms with E-state index in [0.29, 0.717) is 0 Å². The summed E-state index contributed by atoms with van der Waals surface area (Å²) in [4.78, 5) is 14.8. The summed E-state index contributed by atoms with van der Waals surface area (Å²) < 4.78 is 0. The van der Waals surface area contributed by atoms with Crippen LogP contribution in [0.25, 0.3) is 0 Å². The highest BCUT2D eigenvalue weighted by Crippen LogP contribution is 2.34. The molecule has 0 radical (unpaired) electrons. The van der Waals surface area contributed by atoms with Gasteiger partial charge in [0.2, 0.25) is 5.91 Å². The van der Waals surface area contributed by atoms with Crippen molar-refractivity contribution in [1.82, 2.24) is 15.5 Å². The topological polar surface area (TPSA) is 44.4 Å². The first-order valence-corrected chi connectivity index (χ1v) is 7.66. The van der Waals surface area contributed by atoms with Crippen molar-refractivity contribution >= 4 is 5.91 Å². The van der Waals surface area contributed by atoms with Crippen molar-refractivity contribution in [3.63, 3.8) is 0 Å². The van der Waals surface area contributed by atoms with Gasteiger partial charge in [0.25, 0.3) is 0 Å². The minimum absolute atomic E-state index is 0.119. The minimum atomic E-state index is -0.119. The maximum absolute atomic E-state index is 12.6. The predicted octanol–water partition coefficient (Wildman–Crippen LogP) is 1.61. The molecule has 1 heterocycles. The maximum atomic E-state index is 12.6. The first kappa shape index (κ1) is 16.4. The number of hydrogen-bond donors (Lipinski definition) is 2. The number of nitrogens with one attached hydrogen (secondary N) is 2. The maximum Gasteiger partial charge on any atom is 0.226 e. The van der Waals surface area contributed by atoms with Gasteiger partial charge in [0.15, 0.2) is 0 Å². The molecule has 4 heteroatoms. The number of amides is 1. The van der Waals surface area contributed by atoms with Gasteiger partial charge in [-0.05, 0) is 66.3 Å². The molecule has 0 bridgehead atoms. The molecule has 1 aliphatic heterocycles. The minimum Gasteiger partial charge on any atom is -0.353 e. The molecule has 0 saturated carbocycles. The van der Waals surface area contributed by atoms with Gasteiger partial charge in [-0.2, -0.15) is 0 Å². The van der Waals surface area contributed by atoms with Crippen molar-refractivity contribution in [2.75, 3.05) is 33.7 Å². The summed E-state index contributed by atoms with van der Waals surface area (Å²) in [5.41, 5.74) is -0.119. The molecule has 1 saturated heterocycles. The SMILES string of the molecule is CCCC1(C(=O)NC(C)CCN(C)C)CCNCC1. The van der Waals surface area contributed by atoms with Crippen LogP contribution in [-0.2, 0) is 4.79 Å². The van der Waals surface area contributed by atoms with E-state index in [9.17, 15) is 4.79 Å². The third-order valence-corrected chi connectivity index (χ3v) is 4.16. The van der Waals surface area contributed by atoms with E-state index < -0.39 is 0 Å². The lowest BCUT2D eigenvalue weighted by Gasteiger charge is -2.37. The summed E-state index contributed by atoms with van der Waals surface area (Å²) in [6.45, 7) is 7.25. The Hall–Kier alpha value is -0.610. The molecule has 112 valence electrons. The molecule has 1 unspecified atom stereocenters. The number of carbonyl (C=O) groups excluding carboxylic acids is 1. The van der Waals surface area contributed by atoms with E-state index in [1.54, 1.807) is 0 Å². The van der Waals surface area contributed by atoms with Crippen LogP contribution in [0.4, 0.5) is 0 Å². The Bertz CT molecular complexity index is 267. The molecule has 0 aromatic carbocycles. The quantitative estimate of drug-likeness (QED) is 0.738. The molecule has 1 rings (SSSR count). The normalized spacial score (nSPS) is 20.3. The van der Waals surface area contributed by atoms with Gasteiger partial charge in [0, 0.05) is 6.04 Å². The zero-order chi connectivity index (χ0) is 14.3. The third-order valence-electron chi connectivity index (χ3n) is 4.16. The summed E-state index contributed by atoms with van der Waals surface area (Å²) in [5.74, 6) is 0.280. The highest BCUT2D eigenvalue weighted by Gasteiger charge is 2.38. The fourth-order valence-electron chi connectivity index (χ4n) is 2.88. The van der Waals surface area contributed by atoms with Crippen molar-refractivity contribution in [3.05, 3.63) is 0 Å². The first-order valence-electron chi connectivity index (χ1n) is 7.66. The van der Waals surface area contributed by atoms with Crippen molar-refractivity contribution in [2.24, 2.45) is 5.41 Å². The number of nitrogens with zero attached hydrogens (tertiary/aromatic N) is 1. The zero-order valence-electron chi connectivity index (χ0n) is 13.1. The van der Waals surface area contributed by atoms with E-state index >= 15 is 0 Å². The average molecular weight is 269 g/mol. The van der Waals surface area contributed by atoms with Crippen LogP contribution in [0, 0.1) is 5.41 Å². The molecule has 0 aliphatic carbocycles. The van der Waals surface area contributed by atoms with Crippen LogP contribution in [0.1, 0.15) is 46.0 Å². The number of rotatable bonds is 7. The zero-order valence-corrected chi connectivity index (χ0v) is 13.1. The Morgan fingerprint density at radius 3 is 2.53 bits per heavy atom. The van der Waals surface area contributed by atoms with Gasteiger partial charge in [-0.25, -0.2) is 0 Å². The largest absolute Gasteiger partial charge is 0.353 e. The Kier molecular flexibility index (Phi) is 6.80. The fourth-order valence-corrected chi connectivity index (χ4v) is 2.88. The third kappa shape index (κ3) is 5.11. The lowest BCUT2D eigenvalue weighted by Crippen LogP contribution is -2.50. The highest BCUT2D eigenvalue weighted by atomic mass is 16.2. The molecule has 4 nitrogen and oxygen atoms in total. The van der Waals surface area contributed by atoms with Crippen molar-refractivity contribution in [1.29, 1.82) is 0 Å². The summed E-state index contributed by atoms with van der Waals surface area (Å²) in [5, 5.41) is 6.60. The molecule has 1 aliphatic rings. The second kappa shape index (κ2) is 7.85. The van der Waals surface area contributed by atoms with Crippen LogP contribution in [0.2, 0.25) is 0 Å². The Balaban J connectivity index is 2.52. The van der Waals surface area contributed by atoms with E-state index in [1.807, 2.05) is 0 Å². The van der Waals surface area contributed by atoms with Crippen LogP contribution in [-0.4, -0.2) is 50.6 Å². The summed E-state index contributed by atoms with van der Waals surface area (Å²) in [6.07, 6.45) is 5.07. The van der Waals surface area contributed by atoms with Crippen molar-refractivity contribution in [2.45, 2.75) is 52.0 Å². The average Bonchev–Trinajstić information content (AvgIpc) is 2.37. The van der Waals surface area contributed by atoms with E-state index in [1.165, 1.54) is 0 Å². The van der Waals surface area contributed by atoms with Crippen LogP contribution >= 0.6 is 0 Å². The lowest BCUT2D eigenvalue weighted by molar-refractivity contribution is -0.133. The molecule has 0 spiro atoms. The molecule has 1 fully saturated rings. The second-order valence-corrected chi connectivity index (χ2v) is 6.25. The Morgan fingerprint density at radius 2 is 2.00 bits per heavy atom. The smallest absolute Gasteiger partial charge is 0.226 e. The molecule has 1 atom stereocenters. The summed E-state index contributed by atoms with van der Waals surface area (Å²) >= 11 is 0. The standard InChI is InChI=1S/C15H31N3O/c1-5-7-15(8-10-16-11-9-15)14(19)17-13(2)6-12-18(3)4/h13,16H,5-12H2,1-4H3,(H,17,19).